The molecule has 0 aliphatic heterocycles. The number of benzene rings is 2. The van der Waals surface area contributed by atoms with E-state index in [0.717, 1.165) is 10.9 Å². The molecule has 4 aromatic rings. The monoisotopic (exact) mass is 358 g/mol. The van der Waals surface area contributed by atoms with Crippen LogP contribution < -0.4 is 0 Å². The van der Waals surface area contributed by atoms with Crippen LogP contribution >= 0.6 is 0 Å². The predicted molar refractivity (Wildman–Crippen MR) is 101 cm³/mol. The molecule has 4 nitrogen and oxygen atoms in total. The SMILES string of the molecule is O=S(=O)(c1ccccc1)n1cc(C#Cc2cccnc2)c2ccccc21. The lowest BCUT2D eigenvalue weighted by molar-refractivity contribution is 0.589. The smallest absolute Gasteiger partial charge is 0.263 e. The van der Waals surface area contributed by atoms with E-state index in [1.807, 2.05) is 30.3 Å². The number of aromatic nitrogens is 2. The van der Waals surface area contributed by atoms with Gasteiger partial charge in [-0.05, 0) is 30.3 Å². The third-order valence-corrected chi connectivity index (χ3v) is 5.67. The van der Waals surface area contributed by atoms with Gasteiger partial charge >= 0.3 is 0 Å². The maximum Gasteiger partial charge on any atom is 0.268 e. The van der Waals surface area contributed by atoms with Crippen molar-refractivity contribution in [1.82, 2.24) is 8.96 Å². The Balaban J connectivity index is 1.90. The number of para-hydroxylation sites is 1. The average molecular weight is 358 g/mol. The zero-order valence-electron chi connectivity index (χ0n) is 13.7. The molecule has 126 valence electrons. The first-order valence-electron chi connectivity index (χ1n) is 7.99. The summed E-state index contributed by atoms with van der Waals surface area (Å²) in [5.41, 5.74) is 2.03. The molecule has 2 aromatic carbocycles. The van der Waals surface area contributed by atoms with E-state index in [0.29, 0.717) is 11.1 Å². The Kier molecular flexibility index (Phi) is 4.04. The molecule has 2 aromatic heterocycles. The van der Waals surface area contributed by atoms with Crippen molar-refractivity contribution < 1.29 is 8.42 Å². The Bertz CT molecular complexity index is 1230. The molecule has 4 rings (SSSR count). The van der Waals surface area contributed by atoms with Crippen LogP contribution in [-0.2, 0) is 10.0 Å². The van der Waals surface area contributed by atoms with Gasteiger partial charge in [0.25, 0.3) is 10.0 Å². The summed E-state index contributed by atoms with van der Waals surface area (Å²) in [5, 5.41) is 0.795. The third-order valence-electron chi connectivity index (χ3n) is 3.98. The molecule has 26 heavy (non-hydrogen) atoms. The van der Waals surface area contributed by atoms with Crippen molar-refractivity contribution in [2.45, 2.75) is 4.90 Å². The lowest BCUT2D eigenvalue weighted by atomic mass is 10.1. The number of nitrogens with zero attached hydrogens (tertiary/aromatic N) is 2. The summed E-state index contributed by atoms with van der Waals surface area (Å²) < 4.78 is 27.4. The minimum absolute atomic E-state index is 0.243. The van der Waals surface area contributed by atoms with Gasteiger partial charge in [-0.25, -0.2) is 12.4 Å². The molecule has 0 atom stereocenters. The van der Waals surface area contributed by atoms with E-state index < -0.39 is 10.0 Å². The summed E-state index contributed by atoms with van der Waals surface area (Å²) in [6.07, 6.45) is 4.94. The van der Waals surface area contributed by atoms with Gasteiger partial charge in [0.1, 0.15) is 0 Å². The molecule has 0 saturated heterocycles. The van der Waals surface area contributed by atoms with Crippen LogP contribution in [0.5, 0.6) is 0 Å². The number of hydrogen-bond acceptors (Lipinski definition) is 3. The second kappa shape index (κ2) is 6.51. The van der Waals surface area contributed by atoms with E-state index in [9.17, 15) is 8.42 Å². The predicted octanol–water partition coefficient (Wildman–Crippen LogP) is 3.67. The summed E-state index contributed by atoms with van der Waals surface area (Å²) >= 11 is 0. The van der Waals surface area contributed by atoms with Gasteiger partial charge in [0.05, 0.1) is 16.0 Å². The highest BCUT2D eigenvalue weighted by Crippen LogP contribution is 2.25. The van der Waals surface area contributed by atoms with Crippen LogP contribution in [0.4, 0.5) is 0 Å². The third kappa shape index (κ3) is 2.87. The van der Waals surface area contributed by atoms with Crippen LogP contribution in [0, 0.1) is 11.8 Å². The zero-order chi connectivity index (χ0) is 18.0. The molecule has 0 spiro atoms. The number of pyridine rings is 1. The van der Waals surface area contributed by atoms with E-state index in [1.54, 1.807) is 55.0 Å². The van der Waals surface area contributed by atoms with Gasteiger partial charge in [-0.1, -0.05) is 48.2 Å². The Morgan fingerprint density at radius 1 is 0.846 bits per heavy atom. The van der Waals surface area contributed by atoms with Gasteiger partial charge < -0.3 is 0 Å². The molecule has 0 aliphatic carbocycles. The summed E-state index contributed by atoms with van der Waals surface area (Å²) in [5.74, 6) is 6.11. The fourth-order valence-corrected chi connectivity index (χ4v) is 4.12. The molecule has 0 unspecified atom stereocenters. The maximum atomic E-state index is 13.0. The van der Waals surface area contributed by atoms with Gasteiger partial charge in [-0.15, -0.1) is 0 Å². The van der Waals surface area contributed by atoms with Crippen molar-refractivity contribution in [2.24, 2.45) is 0 Å². The summed E-state index contributed by atoms with van der Waals surface area (Å²) in [7, 11) is -3.69. The first kappa shape index (κ1) is 16.1. The minimum atomic E-state index is -3.69. The van der Waals surface area contributed by atoms with Gasteiger partial charge in [-0.2, -0.15) is 0 Å². The van der Waals surface area contributed by atoms with Gasteiger partial charge in [0, 0.05) is 29.5 Å². The van der Waals surface area contributed by atoms with E-state index in [1.165, 1.54) is 3.97 Å². The van der Waals surface area contributed by atoms with Crippen LogP contribution in [0.1, 0.15) is 11.1 Å². The largest absolute Gasteiger partial charge is 0.268 e. The number of hydrogen-bond donors (Lipinski definition) is 0. The molecule has 0 N–H and O–H groups in total. The Labute approximate surface area is 151 Å². The molecule has 0 aliphatic rings. The highest BCUT2D eigenvalue weighted by molar-refractivity contribution is 7.90. The van der Waals surface area contributed by atoms with Gasteiger partial charge in [-0.3, -0.25) is 4.98 Å². The molecule has 0 fully saturated rings. The van der Waals surface area contributed by atoms with Crippen molar-refractivity contribution in [3.8, 4) is 11.8 Å². The van der Waals surface area contributed by atoms with Crippen molar-refractivity contribution in [2.75, 3.05) is 0 Å². The fourth-order valence-electron chi connectivity index (χ4n) is 2.73. The Morgan fingerprint density at radius 3 is 2.38 bits per heavy atom. The number of fused-ring (bicyclic) bond motifs is 1. The molecule has 0 amide bonds. The van der Waals surface area contributed by atoms with Crippen LogP contribution in [-0.4, -0.2) is 17.4 Å². The molecule has 0 saturated carbocycles. The fraction of sp³-hybridized carbons (Fsp3) is 0. The first-order chi connectivity index (χ1) is 12.7. The van der Waals surface area contributed by atoms with E-state index in [4.69, 9.17) is 0 Å². The zero-order valence-corrected chi connectivity index (χ0v) is 14.5. The average Bonchev–Trinajstić information content (AvgIpc) is 3.07. The van der Waals surface area contributed by atoms with Crippen molar-refractivity contribution >= 4 is 20.9 Å². The van der Waals surface area contributed by atoms with Crippen LogP contribution in [0.15, 0.2) is 90.2 Å². The standard InChI is InChI=1S/C21H14N2O2S/c24-26(25,19-8-2-1-3-9-19)23-16-18(20-10-4-5-11-21(20)23)13-12-17-7-6-14-22-15-17/h1-11,14-16H. The molecule has 0 radical (unpaired) electrons. The molecular formula is C21H14N2O2S. The second-order valence-corrected chi connectivity index (χ2v) is 7.48. The molecular weight excluding hydrogens is 344 g/mol. The second-order valence-electron chi connectivity index (χ2n) is 5.67. The lowest BCUT2D eigenvalue weighted by Crippen LogP contribution is -2.11. The molecule has 2 heterocycles. The summed E-state index contributed by atoms with van der Waals surface area (Å²) in [6.45, 7) is 0. The Hall–Kier alpha value is -3.36. The van der Waals surface area contributed by atoms with Crippen LogP contribution in [0.2, 0.25) is 0 Å². The van der Waals surface area contributed by atoms with E-state index >= 15 is 0 Å². The summed E-state index contributed by atoms with van der Waals surface area (Å²) in [6, 6.07) is 19.4. The van der Waals surface area contributed by atoms with Gasteiger partial charge in [0.2, 0.25) is 0 Å². The lowest BCUT2D eigenvalue weighted by Gasteiger charge is -2.06. The Morgan fingerprint density at radius 2 is 1.62 bits per heavy atom. The highest BCUT2D eigenvalue weighted by atomic mass is 32.2. The van der Waals surface area contributed by atoms with Crippen LogP contribution in [0.3, 0.4) is 0 Å². The maximum absolute atomic E-state index is 13.0. The topological polar surface area (TPSA) is 52.0 Å². The van der Waals surface area contributed by atoms with Crippen LogP contribution in [0.25, 0.3) is 10.9 Å². The van der Waals surface area contributed by atoms with E-state index in [-0.39, 0.29) is 4.90 Å². The molecule has 5 heteroatoms. The van der Waals surface area contributed by atoms with Gasteiger partial charge in [0.15, 0.2) is 0 Å². The molecule has 0 bridgehead atoms. The minimum Gasteiger partial charge on any atom is -0.263 e. The quantitative estimate of drug-likeness (QED) is 0.514. The normalized spacial score (nSPS) is 11.1. The summed E-state index contributed by atoms with van der Waals surface area (Å²) in [4.78, 5) is 4.28. The van der Waals surface area contributed by atoms with Crippen molar-refractivity contribution in [3.05, 3.63) is 96.4 Å². The first-order valence-corrected chi connectivity index (χ1v) is 9.43. The van der Waals surface area contributed by atoms with Crippen molar-refractivity contribution in [3.63, 3.8) is 0 Å². The number of rotatable bonds is 2. The van der Waals surface area contributed by atoms with E-state index in [2.05, 4.69) is 16.8 Å². The highest BCUT2D eigenvalue weighted by Gasteiger charge is 2.20. The van der Waals surface area contributed by atoms with Crippen molar-refractivity contribution in [1.29, 1.82) is 0 Å².